The zero-order valence-electron chi connectivity index (χ0n) is 34.0. The third-order valence-corrected chi connectivity index (χ3v) is 11.2. The Kier molecular flexibility index (Phi) is 16.3. The molecular formula is C45H62N6O5. The summed E-state index contributed by atoms with van der Waals surface area (Å²) in [5.74, 6) is 0.337. The number of benzene rings is 3. The molecule has 0 bridgehead atoms. The quantitative estimate of drug-likeness (QED) is 0.143. The Hall–Kier alpha value is -4.74. The van der Waals surface area contributed by atoms with Crippen LogP contribution in [0.1, 0.15) is 79.8 Å². The van der Waals surface area contributed by atoms with E-state index < -0.39 is 6.09 Å². The normalized spacial score (nSPS) is 14.8. The molecule has 302 valence electrons. The van der Waals surface area contributed by atoms with Gasteiger partial charge in [0.1, 0.15) is 6.10 Å². The smallest absolute Gasteiger partial charge is 0.411 e. The first-order chi connectivity index (χ1) is 27.1. The molecule has 0 radical (unpaired) electrons. The van der Waals surface area contributed by atoms with Crippen LogP contribution < -0.4 is 5.32 Å². The van der Waals surface area contributed by atoms with Gasteiger partial charge in [-0.05, 0) is 80.0 Å². The lowest BCUT2D eigenvalue weighted by molar-refractivity contribution is -0.130. The number of carbonyl (C=O) groups excluding carboxylic acids is 4. The van der Waals surface area contributed by atoms with Crippen LogP contribution in [0.25, 0.3) is 11.1 Å². The molecule has 3 aromatic carbocycles. The van der Waals surface area contributed by atoms with Gasteiger partial charge < -0.3 is 24.3 Å². The molecule has 2 heterocycles. The summed E-state index contributed by atoms with van der Waals surface area (Å²) in [7, 11) is 5.54. The number of nitrogens with zero attached hydrogens (tertiary/aromatic N) is 5. The fourth-order valence-corrected chi connectivity index (χ4v) is 7.60. The van der Waals surface area contributed by atoms with Gasteiger partial charge in [-0.25, -0.2) is 4.79 Å². The number of ether oxygens (including phenoxy) is 1. The van der Waals surface area contributed by atoms with E-state index in [-0.39, 0.29) is 23.8 Å². The fraction of sp³-hybridized carbons (Fsp3) is 0.511. The monoisotopic (exact) mass is 766 g/mol. The van der Waals surface area contributed by atoms with Gasteiger partial charge >= 0.3 is 6.09 Å². The number of anilines is 1. The first kappa shape index (κ1) is 42.4. The number of piperidine rings is 1. The van der Waals surface area contributed by atoms with Crippen LogP contribution in [-0.4, -0.2) is 128 Å². The minimum Gasteiger partial charge on any atom is -0.446 e. The van der Waals surface area contributed by atoms with E-state index in [9.17, 15) is 19.2 Å². The number of likely N-dealkylation sites (tertiary alicyclic amines) is 1. The van der Waals surface area contributed by atoms with Gasteiger partial charge in [-0.1, -0.05) is 67.9 Å². The molecule has 11 nitrogen and oxygen atoms in total. The molecule has 0 unspecified atom stereocenters. The second-order valence-corrected chi connectivity index (χ2v) is 15.4. The highest BCUT2D eigenvalue weighted by atomic mass is 16.6. The summed E-state index contributed by atoms with van der Waals surface area (Å²) in [6, 6.07) is 23.9. The number of carbonyl (C=O) groups is 4. The van der Waals surface area contributed by atoms with Crippen LogP contribution >= 0.6 is 0 Å². The average Bonchev–Trinajstić information content (AvgIpc) is 3.22. The molecule has 11 heteroatoms. The summed E-state index contributed by atoms with van der Waals surface area (Å²) in [5.41, 5.74) is 5.99. The molecule has 0 atom stereocenters. The Morgan fingerprint density at radius 3 is 2.20 bits per heavy atom. The van der Waals surface area contributed by atoms with Crippen LogP contribution in [0.5, 0.6) is 0 Å². The van der Waals surface area contributed by atoms with Crippen molar-refractivity contribution < 1.29 is 23.9 Å². The lowest BCUT2D eigenvalue weighted by atomic mass is 9.96. The summed E-state index contributed by atoms with van der Waals surface area (Å²) < 4.78 is 5.79. The highest BCUT2D eigenvalue weighted by molar-refractivity contribution is 5.94. The number of fused-ring (bicyclic) bond motifs is 1. The van der Waals surface area contributed by atoms with E-state index >= 15 is 0 Å². The van der Waals surface area contributed by atoms with Gasteiger partial charge in [-0.2, -0.15) is 0 Å². The summed E-state index contributed by atoms with van der Waals surface area (Å²) in [6.45, 7) is 9.15. The minimum atomic E-state index is -0.426. The molecule has 1 N–H and O–H groups in total. The lowest BCUT2D eigenvalue weighted by Crippen LogP contribution is -2.42. The third kappa shape index (κ3) is 12.6. The molecule has 56 heavy (non-hydrogen) atoms. The van der Waals surface area contributed by atoms with E-state index in [1.807, 2.05) is 93.6 Å². The van der Waals surface area contributed by atoms with Gasteiger partial charge in [0.05, 0.1) is 5.69 Å². The van der Waals surface area contributed by atoms with Crippen LogP contribution in [-0.2, 0) is 27.3 Å². The van der Waals surface area contributed by atoms with Crippen LogP contribution in [0.15, 0.2) is 72.8 Å². The van der Waals surface area contributed by atoms with E-state index in [0.717, 1.165) is 107 Å². The molecule has 1 fully saturated rings. The average molecular weight is 767 g/mol. The Balaban J connectivity index is 0.916. The van der Waals surface area contributed by atoms with Crippen molar-refractivity contribution in [2.75, 3.05) is 78.8 Å². The summed E-state index contributed by atoms with van der Waals surface area (Å²) >= 11 is 0. The molecular weight excluding hydrogens is 705 g/mol. The maximum absolute atomic E-state index is 13.1. The molecule has 5 rings (SSSR count). The van der Waals surface area contributed by atoms with Gasteiger partial charge in [0, 0.05) is 97.5 Å². The van der Waals surface area contributed by atoms with Crippen molar-refractivity contribution in [1.29, 1.82) is 0 Å². The largest absolute Gasteiger partial charge is 0.446 e. The van der Waals surface area contributed by atoms with E-state index in [2.05, 4.69) is 27.2 Å². The third-order valence-electron chi connectivity index (χ3n) is 11.2. The fourth-order valence-electron chi connectivity index (χ4n) is 7.60. The first-order valence-electron chi connectivity index (χ1n) is 20.5. The van der Waals surface area contributed by atoms with Crippen molar-refractivity contribution in [2.45, 2.75) is 77.4 Å². The van der Waals surface area contributed by atoms with Crippen molar-refractivity contribution in [2.24, 2.45) is 0 Å². The standard InChI is InChI=1S/C45H62N6O5/c1-5-42(52)47(2)25-14-26-49(4)44(54)37-20-21-38-34-51(28-22-36(38)33-37)27-13-7-10-19-43(53)48(3)31-32-50-29-23-39(24-30-50)56-45(55)46-41-18-12-11-17-40(41)35-15-8-6-9-16-35/h6,8-9,11-12,15-18,20-21,33,39H,5,7,10,13-14,19,22-32,34H2,1-4H3,(H,46,55). The summed E-state index contributed by atoms with van der Waals surface area (Å²) in [5, 5.41) is 2.94. The van der Waals surface area contributed by atoms with Gasteiger partial charge in [0.15, 0.2) is 0 Å². The molecule has 0 spiro atoms. The molecule has 4 amide bonds. The van der Waals surface area contributed by atoms with E-state index in [1.54, 1.807) is 9.80 Å². The maximum atomic E-state index is 13.1. The van der Waals surface area contributed by atoms with Crippen LogP contribution in [0.2, 0.25) is 0 Å². The number of hydrogen-bond donors (Lipinski definition) is 1. The molecule has 1 saturated heterocycles. The number of nitrogens with one attached hydrogen (secondary N) is 1. The molecule has 0 aliphatic carbocycles. The summed E-state index contributed by atoms with van der Waals surface area (Å²) in [6.07, 6.45) is 6.70. The Morgan fingerprint density at radius 2 is 1.43 bits per heavy atom. The molecule has 0 saturated carbocycles. The van der Waals surface area contributed by atoms with Crippen molar-refractivity contribution >= 4 is 29.5 Å². The predicted molar refractivity (Wildman–Crippen MR) is 222 cm³/mol. The Bertz CT molecular complexity index is 1740. The molecule has 2 aliphatic rings. The van der Waals surface area contributed by atoms with Gasteiger partial charge in [0.25, 0.3) is 5.91 Å². The summed E-state index contributed by atoms with van der Waals surface area (Å²) in [4.78, 5) is 60.7. The van der Waals surface area contributed by atoms with Crippen LogP contribution in [0.3, 0.4) is 0 Å². The first-order valence-corrected chi connectivity index (χ1v) is 20.5. The van der Waals surface area contributed by atoms with Crippen molar-refractivity contribution in [3.05, 3.63) is 89.5 Å². The van der Waals surface area contributed by atoms with Crippen molar-refractivity contribution in [3.8, 4) is 11.1 Å². The lowest BCUT2D eigenvalue weighted by Gasteiger charge is -2.32. The molecule has 0 aromatic heterocycles. The zero-order valence-corrected chi connectivity index (χ0v) is 34.0. The highest BCUT2D eigenvalue weighted by Gasteiger charge is 2.24. The van der Waals surface area contributed by atoms with Crippen LogP contribution in [0.4, 0.5) is 10.5 Å². The van der Waals surface area contributed by atoms with E-state index in [1.165, 1.54) is 11.1 Å². The van der Waals surface area contributed by atoms with Crippen LogP contribution in [0, 0.1) is 0 Å². The highest BCUT2D eigenvalue weighted by Crippen LogP contribution is 2.28. The number of amides is 4. The zero-order chi connectivity index (χ0) is 39.9. The molecule has 2 aliphatic heterocycles. The number of para-hydroxylation sites is 1. The number of rotatable bonds is 18. The van der Waals surface area contributed by atoms with Crippen molar-refractivity contribution in [3.63, 3.8) is 0 Å². The van der Waals surface area contributed by atoms with E-state index in [4.69, 9.17) is 4.74 Å². The molecule has 3 aromatic rings. The second kappa shape index (κ2) is 21.5. The minimum absolute atomic E-state index is 0.0234. The number of unbranched alkanes of at least 4 members (excludes halogenated alkanes) is 2. The van der Waals surface area contributed by atoms with Gasteiger partial charge in [0.2, 0.25) is 11.8 Å². The van der Waals surface area contributed by atoms with Gasteiger partial charge in [-0.15, -0.1) is 0 Å². The van der Waals surface area contributed by atoms with Crippen molar-refractivity contribution in [1.82, 2.24) is 24.5 Å². The maximum Gasteiger partial charge on any atom is 0.411 e. The SMILES string of the molecule is CCC(=O)N(C)CCCN(C)C(=O)c1ccc2c(c1)CCN(CCCCCC(=O)N(C)CCN1CCC(OC(=O)Nc3ccccc3-c3ccccc3)CC1)C2. The topological polar surface area (TPSA) is 106 Å². The Labute approximate surface area is 333 Å². The number of likely N-dealkylation sites (N-methyl/N-ethyl adjacent to an activating group) is 1. The van der Waals surface area contributed by atoms with E-state index in [0.29, 0.717) is 32.5 Å². The van der Waals surface area contributed by atoms with Gasteiger partial charge in [-0.3, -0.25) is 24.6 Å². The Morgan fingerprint density at radius 1 is 0.714 bits per heavy atom. The number of hydrogen-bond acceptors (Lipinski definition) is 7. The second-order valence-electron chi connectivity index (χ2n) is 15.4. The predicted octanol–water partition coefficient (Wildman–Crippen LogP) is 6.77.